The minimum atomic E-state index is -0.571. The lowest BCUT2D eigenvalue weighted by molar-refractivity contribution is -0.0786. The molecule has 4 nitrogen and oxygen atoms in total. The normalized spacial score (nSPS) is 10.3. The Bertz CT molecular complexity index is 729. The van der Waals surface area contributed by atoms with Gasteiger partial charge in [0, 0.05) is 10.6 Å². The number of benzene rings is 2. The predicted octanol–water partition coefficient (Wildman–Crippen LogP) is 4.19. The molecule has 0 aromatic heterocycles. The highest BCUT2D eigenvalue weighted by Crippen LogP contribution is 2.24. The fourth-order valence-electron chi connectivity index (χ4n) is 2.25. The topological polar surface area (TPSA) is 46.6 Å². The summed E-state index contributed by atoms with van der Waals surface area (Å²) in [6, 6.07) is 12.1. The molecule has 2 aromatic carbocycles. The quantitative estimate of drug-likeness (QED) is 0.792. The molecule has 0 radical (unpaired) electrons. The highest BCUT2D eigenvalue weighted by atomic mass is 35.5. The number of carbonyl (C=O) groups excluding carboxylic acids is 2. The Kier molecular flexibility index (Phi) is 5.40. The number of hydrogen-bond donors (Lipinski definition) is 0. The van der Waals surface area contributed by atoms with Crippen molar-refractivity contribution in [2.24, 2.45) is 0 Å². The van der Waals surface area contributed by atoms with Crippen LogP contribution in [0.5, 0.6) is 0 Å². The molecule has 0 atom stereocenters. The number of halogens is 1. The highest BCUT2D eigenvalue weighted by molar-refractivity contribution is 6.31. The van der Waals surface area contributed by atoms with Crippen molar-refractivity contribution in [3.8, 4) is 0 Å². The lowest BCUT2D eigenvalue weighted by Gasteiger charge is -2.21. The molecule has 0 fully saturated rings. The first-order chi connectivity index (χ1) is 11.0. The van der Waals surface area contributed by atoms with Crippen molar-refractivity contribution < 1.29 is 14.4 Å². The second-order valence-electron chi connectivity index (χ2n) is 5.11. The van der Waals surface area contributed by atoms with E-state index in [0.29, 0.717) is 21.7 Å². The number of hydroxylamine groups is 2. The largest absolute Gasteiger partial charge is 0.363 e. The van der Waals surface area contributed by atoms with Crippen molar-refractivity contribution in [1.82, 2.24) is 5.06 Å². The number of rotatable bonds is 3. The minimum Gasteiger partial charge on any atom is -0.332 e. The standard InChI is InChI=1S/C18H18ClNO3/c1-4-20(23-18(22)14-8-6-5-7-9-14)17(21)16-12(2)10-11-15(19)13(16)3/h5-11H,4H2,1-3H3. The van der Waals surface area contributed by atoms with Crippen LogP contribution in [0.15, 0.2) is 42.5 Å². The van der Waals surface area contributed by atoms with Gasteiger partial charge >= 0.3 is 5.97 Å². The molecular formula is C18H18ClNO3. The molecule has 0 spiro atoms. The van der Waals surface area contributed by atoms with Gasteiger partial charge in [-0.2, -0.15) is 5.06 Å². The van der Waals surface area contributed by atoms with E-state index in [1.54, 1.807) is 56.3 Å². The highest BCUT2D eigenvalue weighted by Gasteiger charge is 2.23. The lowest BCUT2D eigenvalue weighted by atomic mass is 10.0. The van der Waals surface area contributed by atoms with Gasteiger partial charge in [0.25, 0.3) is 5.91 Å². The maximum absolute atomic E-state index is 12.7. The third kappa shape index (κ3) is 3.71. The van der Waals surface area contributed by atoms with Gasteiger partial charge in [-0.25, -0.2) is 4.79 Å². The molecule has 0 aliphatic rings. The number of carbonyl (C=O) groups is 2. The van der Waals surface area contributed by atoms with E-state index in [9.17, 15) is 9.59 Å². The number of nitrogens with zero attached hydrogens (tertiary/aromatic N) is 1. The Labute approximate surface area is 140 Å². The van der Waals surface area contributed by atoms with Gasteiger partial charge in [-0.1, -0.05) is 35.9 Å². The summed E-state index contributed by atoms with van der Waals surface area (Å²) in [4.78, 5) is 30.1. The number of hydrogen-bond acceptors (Lipinski definition) is 3. The average Bonchev–Trinajstić information content (AvgIpc) is 2.56. The maximum atomic E-state index is 12.7. The van der Waals surface area contributed by atoms with Gasteiger partial charge in [0.2, 0.25) is 0 Å². The Morgan fingerprint density at radius 2 is 1.74 bits per heavy atom. The Hall–Kier alpha value is -2.33. The molecule has 0 saturated heterocycles. The van der Waals surface area contributed by atoms with Crippen LogP contribution < -0.4 is 0 Å². The van der Waals surface area contributed by atoms with E-state index in [-0.39, 0.29) is 12.5 Å². The molecule has 0 aliphatic carbocycles. The van der Waals surface area contributed by atoms with E-state index in [1.807, 2.05) is 6.92 Å². The van der Waals surface area contributed by atoms with Gasteiger partial charge in [-0.15, -0.1) is 0 Å². The first-order valence-corrected chi connectivity index (χ1v) is 7.68. The summed E-state index contributed by atoms with van der Waals surface area (Å²) in [6.45, 7) is 5.58. The zero-order chi connectivity index (χ0) is 17.0. The first kappa shape index (κ1) is 17.0. The van der Waals surface area contributed by atoms with Crippen LogP contribution in [0, 0.1) is 13.8 Å². The molecule has 0 heterocycles. The number of aryl methyl sites for hydroxylation is 1. The molecule has 0 aliphatic heterocycles. The molecule has 0 unspecified atom stereocenters. The van der Waals surface area contributed by atoms with Gasteiger partial charge in [-0.05, 0) is 50.1 Å². The summed E-state index contributed by atoms with van der Waals surface area (Å²) in [5.74, 6) is -0.951. The van der Waals surface area contributed by atoms with E-state index in [1.165, 1.54) is 0 Å². The average molecular weight is 332 g/mol. The van der Waals surface area contributed by atoms with Crippen LogP contribution in [0.3, 0.4) is 0 Å². The summed E-state index contributed by atoms with van der Waals surface area (Å²) in [7, 11) is 0. The Morgan fingerprint density at radius 1 is 1.09 bits per heavy atom. The van der Waals surface area contributed by atoms with E-state index in [4.69, 9.17) is 16.4 Å². The molecular weight excluding hydrogens is 314 g/mol. The second kappa shape index (κ2) is 7.29. The molecule has 2 rings (SSSR count). The van der Waals surface area contributed by atoms with Gasteiger partial charge in [0.05, 0.1) is 12.1 Å². The van der Waals surface area contributed by atoms with Crippen molar-refractivity contribution >= 4 is 23.5 Å². The summed E-state index contributed by atoms with van der Waals surface area (Å²) >= 11 is 6.10. The summed E-state index contributed by atoms with van der Waals surface area (Å²) in [5, 5.41) is 1.56. The number of amides is 1. The van der Waals surface area contributed by atoms with Crippen molar-refractivity contribution in [2.75, 3.05) is 6.54 Å². The zero-order valence-electron chi connectivity index (χ0n) is 13.3. The van der Waals surface area contributed by atoms with Crippen molar-refractivity contribution in [1.29, 1.82) is 0 Å². The molecule has 1 amide bonds. The SMILES string of the molecule is CCN(OC(=O)c1ccccc1)C(=O)c1c(C)ccc(Cl)c1C. The molecule has 120 valence electrons. The maximum Gasteiger partial charge on any atom is 0.363 e. The van der Waals surface area contributed by atoms with Crippen molar-refractivity contribution in [3.05, 3.63) is 69.7 Å². The third-order valence-corrected chi connectivity index (χ3v) is 3.95. The van der Waals surface area contributed by atoms with E-state index >= 15 is 0 Å². The fraction of sp³-hybridized carbons (Fsp3) is 0.222. The van der Waals surface area contributed by atoms with Gasteiger partial charge in [0.1, 0.15) is 0 Å². The summed E-state index contributed by atoms with van der Waals surface area (Å²) in [5.41, 5.74) is 2.30. The monoisotopic (exact) mass is 331 g/mol. The van der Waals surface area contributed by atoms with Gasteiger partial charge in [0.15, 0.2) is 0 Å². The van der Waals surface area contributed by atoms with Crippen LogP contribution in [-0.2, 0) is 4.84 Å². The third-order valence-electron chi connectivity index (χ3n) is 3.54. The van der Waals surface area contributed by atoms with Crippen LogP contribution >= 0.6 is 11.6 Å². The fourth-order valence-corrected chi connectivity index (χ4v) is 2.41. The summed E-state index contributed by atoms with van der Waals surface area (Å²) in [6.07, 6.45) is 0. The predicted molar refractivity (Wildman–Crippen MR) is 89.5 cm³/mol. The van der Waals surface area contributed by atoms with Gasteiger partial charge in [-0.3, -0.25) is 4.79 Å². The second-order valence-corrected chi connectivity index (χ2v) is 5.52. The molecule has 5 heteroatoms. The molecule has 23 heavy (non-hydrogen) atoms. The van der Waals surface area contributed by atoms with E-state index in [2.05, 4.69) is 0 Å². The van der Waals surface area contributed by atoms with Gasteiger partial charge < -0.3 is 4.84 Å². The minimum absolute atomic E-state index is 0.239. The van der Waals surface area contributed by atoms with Crippen LogP contribution in [-0.4, -0.2) is 23.5 Å². The van der Waals surface area contributed by atoms with Crippen LogP contribution in [0.2, 0.25) is 5.02 Å². The lowest BCUT2D eigenvalue weighted by Crippen LogP contribution is -2.34. The first-order valence-electron chi connectivity index (χ1n) is 7.30. The van der Waals surface area contributed by atoms with Crippen molar-refractivity contribution in [2.45, 2.75) is 20.8 Å². The zero-order valence-corrected chi connectivity index (χ0v) is 14.1. The van der Waals surface area contributed by atoms with Crippen LogP contribution in [0.25, 0.3) is 0 Å². The van der Waals surface area contributed by atoms with E-state index < -0.39 is 5.97 Å². The van der Waals surface area contributed by atoms with Crippen LogP contribution in [0.4, 0.5) is 0 Å². The smallest absolute Gasteiger partial charge is 0.332 e. The van der Waals surface area contributed by atoms with Crippen LogP contribution in [0.1, 0.15) is 38.8 Å². The summed E-state index contributed by atoms with van der Waals surface area (Å²) < 4.78 is 0. The Balaban J connectivity index is 2.26. The Morgan fingerprint density at radius 3 is 2.35 bits per heavy atom. The molecule has 0 N–H and O–H groups in total. The molecule has 2 aromatic rings. The molecule has 0 saturated carbocycles. The molecule has 0 bridgehead atoms. The van der Waals surface area contributed by atoms with Crippen molar-refractivity contribution in [3.63, 3.8) is 0 Å². The van der Waals surface area contributed by atoms with E-state index in [0.717, 1.165) is 10.6 Å².